The Hall–Kier alpha value is -1.22. The van der Waals surface area contributed by atoms with Crippen molar-refractivity contribution in [2.45, 2.75) is 38.1 Å². The molecular formula is C16H23NO2. The van der Waals surface area contributed by atoms with Crippen LogP contribution >= 0.6 is 0 Å². The molecule has 3 nitrogen and oxygen atoms in total. The van der Waals surface area contributed by atoms with Gasteiger partial charge in [0.25, 0.3) is 0 Å². The normalized spacial score (nSPS) is 28.0. The summed E-state index contributed by atoms with van der Waals surface area (Å²) in [5.41, 5.74) is 0. The van der Waals surface area contributed by atoms with Gasteiger partial charge < -0.3 is 14.8 Å². The molecule has 1 N–H and O–H groups in total. The Morgan fingerprint density at radius 3 is 2.26 bits per heavy atom. The molecule has 2 heterocycles. The van der Waals surface area contributed by atoms with Crippen LogP contribution in [-0.4, -0.2) is 25.8 Å². The molecule has 3 heteroatoms. The summed E-state index contributed by atoms with van der Waals surface area (Å²) >= 11 is 0. The van der Waals surface area contributed by atoms with Crippen molar-refractivity contribution in [3.05, 3.63) is 24.3 Å². The SMILES string of the molecule is C1CCC2NCCC2C1.c1ccc2c(c1)OCCO2. The van der Waals surface area contributed by atoms with Crippen molar-refractivity contribution in [2.75, 3.05) is 19.8 Å². The van der Waals surface area contributed by atoms with Crippen LogP contribution in [0.4, 0.5) is 0 Å². The highest BCUT2D eigenvalue weighted by molar-refractivity contribution is 5.40. The van der Waals surface area contributed by atoms with E-state index in [0.717, 1.165) is 23.5 Å². The first-order valence-corrected chi connectivity index (χ1v) is 7.51. The predicted octanol–water partition coefficient (Wildman–Crippen LogP) is 3.00. The zero-order valence-corrected chi connectivity index (χ0v) is 11.4. The van der Waals surface area contributed by atoms with Crippen LogP contribution in [0.15, 0.2) is 24.3 Å². The lowest BCUT2D eigenvalue weighted by atomic mass is 9.86. The van der Waals surface area contributed by atoms with E-state index < -0.39 is 0 Å². The van der Waals surface area contributed by atoms with Gasteiger partial charge in [0.05, 0.1) is 0 Å². The van der Waals surface area contributed by atoms with Crippen molar-refractivity contribution in [1.29, 1.82) is 0 Å². The van der Waals surface area contributed by atoms with Gasteiger partial charge >= 0.3 is 0 Å². The average molecular weight is 261 g/mol. The van der Waals surface area contributed by atoms with E-state index in [1.165, 1.54) is 38.6 Å². The number of ether oxygens (including phenoxy) is 2. The zero-order valence-electron chi connectivity index (χ0n) is 11.4. The van der Waals surface area contributed by atoms with Crippen molar-refractivity contribution < 1.29 is 9.47 Å². The first-order valence-electron chi connectivity index (χ1n) is 7.51. The van der Waals surface area contributed by atoms with Crippen LogP contribution in [0, 0.1) is 5.92 Å². The maximum atomic E-state index is 5.30. The number of hydrogen-bond donors (Lipinski definition) is 1. The van der Waals surface area contributed by atoms with E-state index in [-0.39, 0.29) is 0 Å². The molecule has 0 amide bonds. The molecule has 0 radical (unpaired) electrons. The summed E-state index contributed by atoms with van der Waals surface area (Å²) in [5, 5.41) is 3.56. The second-order valence-electron chi connectivity index (χ2n) is 5.54. The summed E-state index contributed by atoms with van der Waals surface area (Å²) < 4.78 is 10.6. The van der Waals surface area contributed by atoms with Gasteiger partial charge in [0.15, 0.2) is 11.5 Å². The summed E-state index contributed by atoms with van der Waals surface area (Å²) in [4.78, 5) is 0. The molecule has 1 aromatic rings. The van der Waals surface area contributed by atoms with Crippen molar-refractivity contribution in [3.63, 3.8) is 0 Å². The number of rotatable bonds is 0. The van der Waals surface area contributed by atoms with Crippen molar-refractivity contribution in [1.82, 2.24) is 5.32 Å². The van der Waals surface area contributed by atoms with Gasteiger partial charge in [-0.1, -0.05) is 25.0 Å². The van der Waals surface area contributed by atoms with Gasteiger partial charge in [0.1, 0.15) is 13.2 Å². The smallest absolute Gasteiger partial charge is 0.161 e. The fourth-order valence-corrected chi connectivity index (χ4v) is 3.27. The van der Waals surface area contributed by atoms with Crippen LogP contribution in [0.25, 0.3) is 0 Å². The van der Waals surface area contributed by atoms with Crippen LogP contribution in [0.3, 0.4) is 0 Å². The van der Waals surface area contributed by atoms with Crippen LogP contribution < -0.4 is 14.8 Å². The molecule has 1 saturated carbocycles. The Morgan fingerprint density at radius 1 is 0.895 bits per heavy atom. The standard InChI is InChI=1S/C8H15N.C8H8O2/c1-2-4-8-7(3-1)5-6-9-8;1-2-4-8-7(3-1)9-5-6-10-8/h7-9H,1-6H2;1-4H,5-6H2. The molecule has 1 aliphatic carbocycles. The third-order valence-electron chi connectivity index (χ3n) is 4.28. The maximum absolute atomic E-state index is 5.30. The lowest BCUT2D eigenvalue weighted by Gasteiger charge is -2.24. The molecule has 104 valence electrons. The van der Waals surface area contributed by atoms with E-state index in [4.69, 9.17) is 9.47 Å². The van der Waals surface area contributed by atoms with Crippen molar-refractivity contribution in [3.8, 4) is 11.5 Å². The van der Waals surface area contributed by atoms with Gasteiger partial charge in [0, 0.05) is 6.04 Å². The van der Waals surface area contributed by atoms with Gasteiger partial charge in [-0.2, -0.15) is 0 Å². The Bertz CT molecular complexity index is 370. The second kappa shape index (κ2) is 6.29. The second-order valence-corrected chi connectivity index (χ2v) is 5.54. The van der Waals surface area contributed by atoms with Gasteiger partial charge in [-0.25, -0.2) is 0 Å². The minimum Gasteiger partial charge on any atom is -0.486 e. The summed E-state index contributed by atoms with van der Waals surface area (Å²) in [6.07, 6.45) is 7.35. The molecule has 4 rings (SSSR count). The molecule has 19 heavy (non-hydrogen) atoms. The van der Waals surface area contributed by atoms with E-state index in [0.29, 0.717) is 13.2 Å². The van der Waals surface area contributed by atoms with E-state index in [1.807, 2.05) is 24.3 Å². The quantitative estimate of drug-likeness (QED) is 0.779. The lowest BCUT2D eigenvalue weighted by Crippen LogP contribution is -2.29. The van der Waals surface area contributed by atoms with Crippen LogP contribution in [0.2, 0.25) is 0 Å². The molecule has 0 bridgehead atoms. The zero-order chi connectivity index (χ0) is 12.9. The third-order valence-corrected chi connectivity index (χ3v) is 4.28. The molecule has 3 aliphatic rings. The summed E-state index contributed by atoms with van der Waals surface area (Å²) in [7, 11) is 0. The summed E-state index contributed by atoms with van der Waals surface area (Å²) in [6, 6.07) is 8.61. The van der Waals surface area contributed by atoms with E-state index in [9.17, 15) is 0 Å². The topological polar surface area (TPSA) is 30.5 Å². The lowest BCUT2D eigenvalue weighted by molar-refractivity contribution is 0.171. The average Bonchev–Trinajstić information content (AvgIpc) is 2.96. The van der Waals surface area contributed by atoms with Crippen molar-refractivity contribution in [2.24, 2.45) is 5.92 Å². The van der Waals surface area contributed by atoms with Gasteiger partial charge in [0.2, 0.25) is 0 Å². The molecule has 2 aliphatic heterocycles. The minimum absolute atomic E-state index is 0.664. The van der Waals surface area contributed by atoms with Gasteiger partial charge in [-0.05, 0) is 43.9 Å². The van der Waals surface area contributed by atoms with Crippen LogP contribution in [0.1, 0.15) is 32.1 Å². The molecule has 2 fully saturated rings. The highest BCUT2D eigenvalue weighted by Gasteiger charge is 2.28. The summed E-state index contributed by atoms with van der Waals surface area (Å²) in [6.45, 7) is 2.61. The maximum Gasteiger partial charge on any atom is 0.161 e. The monoisotopic (exact) mass is 261 g/mol. The molecule has 1 saturated heterocycles. The number of benzene rings is 1. The Labute approximate surface area is 115 Å². The number of nitrogens with one attached hydrogen (secondary N) is 1. The predicted molar refractivity (Wildman–Crippen MR) is 75.8 cm³/mol. The van der Waals surface area contributed by atoms with E-state index in [2.05, 4.69) is 5.32 Å². The fourth-order valence-electron chi connectivity index (χ4n) is 3.27. The highest BCUT2D eigenvalue weighted by Crippen LogP contribution is 2.30. The number of para-hydroxylation sites is 2. The van der Waals surface area contributed by atoms with Crippen LogP contribution in [0.5, 0.6) is 11.5 Å². The minimum atomic E-state index is 0.664. The molecule has 1 aromatic carbocycles. The Morgan fingerprint density at radius 2 is 1.58 bits per heavy atom. The van der Waals surface area contributed by atoms with Crippen LogP contribution in [-0.2, 0) is 0 Å². The van der Waals surface area contributed by atoms with E-state index in [1.54, 1.807) is 0 Å². The molecule has 0 spiro atoms. The fraction of sp³-hybridized carbons (Fsp3) is 0.625. The number of hydrogen-bond acceptors (Lipinski definition) is 3. The summed E-state index contributed by atoms with van der Waals surface area (Å²) in [5.74, 6) is 2.77. The molecule has 2 unspecified atom stereocenters. The molecular weight excluding hydrogens is 238 g/mol. The Balaban J connectivity index is 0.000000117. The Kier molecular flexibility index (Phi) is 4.23. The largest absolute Gasteiger partial charge is 0.486 e. The third kappa shape index (κ3) is 3.21. The van der Waals surface area contributed by atoms with E-state index >= 15 is 0 Å². The number of fused-ring (bicyclic) bond motifs is 2. The van der Waals surface area contributed by atoms with Gasteiger partial charge in [-0.3, -0.25) is 0 Å². The first kappa shape index (κ1) is 12.8. The molecule has 2 atom stereocenters. The first-order chi connectivity index (χ1) is 9.43. The highest BCUT2D eigenvalue weighted by atomic mass is 16.6. The molecule has 0 aromatic heterocycles. The van der Waals surface area contributed by atoms with Crippen molar-refractivity contribution >= 4 is 0 Å². The van der Waals surface area contributed by atoms with Gasteiger partial charge in [-0.15, -0.1) is 0 Å².